The Morgan fingerprint density at radius 2 is 1.88 bits per heavy atom. The smallest absolute Gasteiger partial charge is 0.251 e. The molecule has 136 valence electrons. The quantitative estimate of drug-likeness (QED) is 0.714. The second-order valence-electron chi connectivity index (χ2n) is 6.62. The molecule has 0 aliphatic heterocycles. The van der Waals surface area contributed by atoms with Crippen LogP contribution >= 0.6 is 0 Å². The third kappa shape index (κ3) is 5.34. The first-order chi connectivity index (χ1) is 12.6. The van der Waals surface area contributed by atoms with Gasteiger partial charge in [-0.05, 0) is 68.1 Å². The van der Waals surface area contributed by atoms with Crippen LogP contribution in [0, 0.1) is 12.8 Å². The highest BCUT2D eigenvalue weighted by Crippen LogP contribution is 2.30. The maximum Gasteiger partial charge on any atom is 0.251 e. The zero-order valence-electron chi connectivity index (χ0n) is 15.0. The summed E-state index contributed by atoms with van der Waals surface area (Å²) in [5.74, 6) is 0.955. The Morgan fingerprint density at radius 3 is 2.58 bits per heavy atom. The van der Waals surface area contributed by atoms with Gasteiger partial charge in [-0.15, -0.1) is 0 Å². The standard InChI is InChI=1S/C21H24N2O3/c1-15-4-2-5-19(14-15)26-13-3-12-22-20(24)16-8-10-18(11-9-16)23-21(25)17-6-7-17/h2,4-5,8-11,14,17H,3,6-7,12-13H2,1H3,(H,22,24)(H,23,25). The number of rotatable bonds is 8. The highest BCUT2D eigenvalue weighted by atomic mass is 16.5. The van der Waals surface area contributed by atoms with Crippen LogP contribution in [-0.4, -0.2) is 25.0 Å². The molecule has 0 aromatic heterocycles. The molecule has 0 radical (unpaired) electrons. The first-order valence-electron chi connectivity index (χ1n) is 9.00. The van der Waals surface area contributed by atoms with Gasteiger partial charge in [0.25, 0.3) is 5.91 Å². The van der Waals surface area contributed by atoms with Crippen molar-refractivity contribution < 1.29 is 14.3 Å². The van der Waals surface area contributed by atoms with Gasteiger partial charge >= 0.3 is 0 Å². The van der Waals surface area contributed by atoms with Crippen molar-refractivity contribution in [2.45, 2.75) is 26.2 Å². The first kappa shape index (κ1) is 18.0. The number of ether oxygens (including phenoxy) is 1. The minimum absolute atomic E-state index is 0.0656. The molecular formula is C21H24N2O3. The molecule has 0 atom stereocenters. The monoisotopic (exact) mass is 352 g/mol. The van der Waals surface area contributed by atoms with E-state index in [1.165, 1.54) is 0 Å². The fourth-order valence-corrected chi connectivity index (χ4v) is 2.57. The predicted molar refractivity (Wildman–Crippen MR) is 101 cm³/mol. The normalized spacial score (nSPS) is 13.1. The van der Waals surface area contributed by atoms with Gasteiger partial charge in [-0.2, -0.15) is 0 Å². The average Bonchev–Trinajstić information content (AvgIpc) is 3.47. The van der Waals surface area contributed by atoms with E-state index in [0.29, 0.717) is 18.7 Å². The van der Waals surface area contributed by atoms with Gasteiger partial charge in [0.05, 0.1) is 6.61 Å². The number of benzene rings is 2. The van der Waals surface area contributed by atoms with Gasteiger partial charge in [0, 0.05) is 23.7 Å². The molecule has 1 aliphatic carbocycles. The Bertz CT molecular complexity index is 767. The summed E-state index contributed by atoms with van der Waals surface area (Å²) < 4.78 is 5.66. The van der Waals surface area contributed by atoms with Gasteiger partial charge in [0.2, 0.25) is 5.91 Å². The Morgan fingerprint density at radius 1 is 1.12 bits per heavy atom. The Kier molecular flexibility index (Phi) is 5.89. The molecule has 0 unspecified atom stereocenters. The third-order valence-corrected chi connectivity index (χ3v) is 4.23. The molecule has 1 aliphatic rings. The molecular weight excluding hydrogens is 328 g/mol. The van der Waals surface area contributed by atoms with Crippen LogP contribution in [0.15, 0.2) is 48.5 Å². The van der Waals surface area contributed by atoms with Gasteiger partial charge in [0.15, 0.2) is 0 Å². The average molecular weight is 352 g/mol. The molecule has 2 aromatic rings. The summed E-state index contributed by atoms with van der Waals surface area (Å²) in [5, 5.41) is 5.74. The van der Waals surface area contributed by atoms with Crippen LogP contribution in [0.3, 0.4) is 0 Å². The SMILES string of the molecule is Cc1cccc(OCCCNC(=O)c2ccc(NC(=O)C3CC3)cc2)c1. The van der Waals surface area contributed by atoms with E-state index < -0.39 is 0 Å². The summed E-state index contributed by atoms with van der Waals surface area (Å²) in [6.45, 7) is 3.12. The van der Waals surface area contributed by atoms with Crippen LogP contribution in [0.1, 0.15) is 35.2 Å². The van der Waals surface area contributed by atoms with Crippen LogP contribution in [0.25, 0.3) is 0 Å². The molecule has 0 bridgehead atoms. The summed E-state index contributed by atoms with van der Waals surface area (Å²) in [7, 11) is 0. The van der Waals surface area contributed by atoms with Crippen LogP contribution < -0.4 is 15.4 Å². The zero-order valence-corrected chi connectivity index (χ0v) is 15.0. The van der Waals surface area contributed by atoms with Crippen molar-refractivity contribution >= 4 is 17.5 Å². The molecule has 2 amide bonds. The van der Waals surface area contributed by atoms with Gasteiger partial charge in [-0.1, -0.05) is 12.1 Å². The summed E-state index contributed by atoms with van der Waals surface area (Å²) in [4.78, 5) is 23.9. The fraction of sp³-hybridized carbons (Fsp3) is 0.333. The van der Waals surface area contributed by atoms with Gasteiger partial charge in [-0.25, -0.2) is 0 Å². The number of carbonyl (C=O) groups excluding carboxylic acids is 2. The zero-order chi connectivity index (χ0) is 18.4. The first-order valence-corrected chi connectivity index (χ1v) is 9.00. The van der Waals surface area contributed by atoms with Crippen LogP contribution in [0.2, 0.25) is 0 Å². The van der Waals surface area contributed by atoms with Crippen LogP contribution in [-0.2, 0) is 4.79 Å². The van der Waals surface area contributed by atoms with E-state index in [2.05, 4.69) is 10.6 Å². The third-order valence-electron chi connectivity index (χ3n) is 4.23. The highest BCUT2D eigenvalue weighted by molar-refractivity contribution is 5.96. The highest BCUT2D eigenvalue weighted by Gasteiger charge is 2.29. The summed E-state index contributed by atoms with van der Waals surface area (Å²) >= 11 is 0. The lowest BCUT2D eigenvalue weighted by Crippen LogP contribution is -2.25. The van der Waals surface area contributed by atoms with Gasteiger partial charge < -0.3 is 15.4 Å². The molecule has 0 spiro atoms. The molecule has 0 heterocycles. The lowest BCUT2D eigenvalue weighted by atomic mass is 10.2. The van der Waals surface area contributed by atoms with E-state index in [-0.39, 0.29) is 17.7 Å². The van der Waals surface area contributed by atoms with E-state index in [4.69, 9.17) is 4.74 Å². The molecule has 1 fully saturated rings. The summed E-state index contributed by atoms with van der Waals surface area (Å²) in [6.07, 6.45) is 2.68. The number of hydrogen-bond acceptors (Lipinski definition) is 3. The van der Waals surface area contributed by atoms with E-state index >= 15 is 0 Å². The van der Waals surface area contributed by atoms with Gasteiger partial charge in [0.1, 0.15) is 5.75 Å². The molecule has 5 heteroatoms. The lowest BCUT2D eigenvalue weighted by Gasteiger charge is -2.09. The number of aryl methyl sites for hydroxylation is 1. The van der Waals surface area contributed by atoms with Crippen molar-refractivity contribution in [3.63, 3.8) is 0 Å². The van der Waals surface area contributed by atoms with E-state index in [1.807, 2.05) is 31.2 Å². The number of carbonyl (C=O) groups is 2. The number of anilines is 1. The molecule has 3 rings (SSSR count). The van der Waals surface area contributed by atoms with Crippen molar-refractivity contribution in [3.05, 3.63) is 59.7 Å². The minimum atomic E-state index is -0.124. The van der Waals surface area contributed by atoms with E-state index in [0.717, 1.165) is 36.3 Å². The molecule has 1 saturated carbocycles. The molecule has 2 aromatic carbocycles. The van der Waals surface area contributed by atoms with Crippen LogP contribution in [0.4, 0.5) is 5.69 Å². The van der Waals surface area contributed by atoms with Crippen molar-refractivity contribution in [2.75, 3.05) is 18.5 Å². The number of hydrogen-bond donors (Lipinski definition) is 2. The minimum Gasteiger partial charge on any atom is -0.494 e. The topological polar surface area (TPSA) is 67.4 Å². The summed E-state index contributed by atoms with van der Waals surface area (Å²) in [5.41, 5.74) is 2.46. The van der Waals surface area contributed by atoms with Gasteiger partial charge in [-0.3, -0.25) is 9.59 Å². The molecule has 26 heavy (non-hydrogen) atoms. The molecule has 0 saturated heterocycles. The molecule has 5 nitrogen and oxygen atoms in total. The fourth-order valence-electron chi connectivity index (χ4n) is 2.57. The maximum absolute atomic E-state index is 12.1. The maximum atomic E-state index is 12.1. The second kappa shape index (κ2) is 8.52. The number of amides is 2. The summed E-state index contributed by atoms with van der Waals surface area (Å²) in [6, 6.07) is 14.9. The van der Waals surface area contributed by atoms with Crippen molar-refractivity contribution in [2.24, 2.45) is 5.92 Å². The van der Waals surface area contributed by atoms with E-state index in [9.17, 15) is 9.59 Å². The Labute approximate surface area is 153 Å². The van der Waals surface area contributed by atoms with E-state index in [1.54, 1.807) is 24.3 Å². The van der Waals surface area contributed by atoms with Crippen LogP contribution in [0.5, 0.6) is 5.75 Å². The Balaban J connectivity index is 1.37. The predicted octanol–water partition coefficient (Wildman–Crippen LogP) is 3.54. The molecule has 2 N–H and O–H groups in total. The Hall–Kier alpha value is -2.82. The lowest BCUT2D eigenvalue weighted by molar-refractivity contribution is -0.117. The van der Waals surface area contributed by atoms with Crippen molar-refractivity contribution in [1.29, 1.82) is 0 Å². The number of nitrogens with one attached hydrogen (secondary N) is 2. The second-order valence-corrected chi connectivity index (χ2v) is 6.62. The van der Waals surface area contributed by atoms with Crippen molar-refractivity contribution in [1.82, 2.24) is 5.32 Å². The van der Waals surface area contributed by atoms with Crippen molar-refractivity contribution in [3.8, 4) is 5.75 Å². The largest absolute Gasteiger partial charge is 0.494 e.